The molecular weight excluding hydrogens is 254 g/mol. The lowest BCUT2D eigenvalue weighted by Crippen LogP contribution is -2.31. The zero-order chi connectivity index (χ0) is 13.1. The average molecular weight is 268 g/mol. The normalized spacial score (nSPS) is 18.9. The van der Waals surface area contributed by atoms with Crippen LogP contribution in [0.25, 0.3) is 0 Å². The molecule has 5 heteroatoms. The first-order valence-corrected chi connectivity index (χ1v) is 6.19. The van der Waals surface area contributed by atoms with E-state index in [1.54, 1.807) is 11.0 Å². The van der Waals surface area contributed by atoms with Crippen LogP contribution in [0.2, 0.25) is 5.02 Å². The Labute approximate surface area is 110 Å². The summed E-state index contributed by atoms with van der Waals surface area (Å²) >= 11 is 5.99. The van der Waals surface area contributed by atoms with Crippen molar-refractivity contribution in [2.75, 3.05) is 13.1 Å². The van der Waals surface area contributed by atoms with Crippen molar-refractivity contribution in [1.82, 2.24) is 4.90 Å². The Morgan fingerprint density at radius 3 is 2.72 bits per heavy atom. The molecule has 1 atom stereocenters. The maximum absolute atomic E-state index is 12.0. The monoisotopic (exact) mass is 267 g/mol. The minimum absolute atomic E-state index is 0.0631. The van der Waals surface area contributed by atoms with E-state index in [-0.39, 0.29) is 12.3 Å². The number of carboxylic acid groups (broad SMARTS) is 1. The SMILES string of the molecule is O=C(O)C1CCN(C(=O)Cc2ccccc2Cl)C1. The molecule has 1 unspecified atom stereocenters. The van der Waals surface area contributed by atoms with Gasteiger partial charge in [0.15, 0.2) is 0 Å². The number of amides is 1. The molecule has 18 heavy (non-hydrogen) atoms. The van der Waals surface area contributed by atoms with Crippen molar-refractivity contribution >= 4 is 23.5 Å². The second kappa shape index (κ2) is 5.40. The van der Waals surface area contributed by atoms with Gasteiger partial charge in [-0.25, -0.2) is 0 Å². The van der Waals surface area contributed by atoms with Crippen LogP contribution < -0.4 is 0 Å². The van der Waals surface area contributed by atoms with E-state index >= 15 is 0 Å². The Kier molecular flexibility index (Phi) is 3.87. The highest BCUT2D eigenvalue weighted by molar-refractivity contribution is 6.31. The summed E-state index contributed by atoms with van der Waals surface area (Å²) < 4.78 is 0. The number of carbonyl (C=O) groups is 2. The Bertz CT molecular complexity index is 475. The Morgan fingerprint density at radius 2 is 2.11 bits per heavy atom. The van der Waals surface area contributed by atoms with Gasteiger partial charge in [0, 0.05) is 18.1 Å². The van der Waals surface area contributed by atoms with Crippen molar-refractivity contribution < 1.29 is 14.7 Å². The summed E-state index contributed by atoms with van der Waals surface area (Å²) in [4.78, 5) is 24.4. The zero-order valence-electron chi connectivity index (χ0n) is 9.80. The third-order valence-corrected chi connectivity index (χ3v) is 3.56. The number of benzene rings is 1. The summed E-state index contributed by atoms with van der Waals surface area (Å²) in [6.45, 7) is 0.818. The van der Waals surface area contributed by atoms with Gasteiger partial charge in [0.1, 0.15) is 0 Å². The molecule has 1 saturated heterocycles. The average Bonchev–Trinajstić information content (AvgIpc) is 2.81. The summed E-state index contributed by atoms with van der Waals surface area (Å²) in [6, 6.07) is 7.20. The van der Waals surface area contributed by atoms with Gasteiger partial charge in [-0.05, 0) is 18.1 Å². The van der Waals surface area contributed by atoms with Gasteiger partial charge < -0.3 is 10.0 Å². The Morgan fingerprint density at radius 1 is 1.39 bits per heavy atom. The smallest absolute Gasteiger partial charge is 0.308 e. The lowest BCUT2D eigenvalue weighted by molar-refractivity contribution is -0.141. The molecule has 0 aromatic heterocycles. The molecule has 1 amide bonds. The molecule has 0 radical (unpaired) electrons. The van der Waals surface area contributed by atoms with Crippen molar-refractivity contribution in [3.63, 3.8) is 0 Å². The lowest BCUT2D eigenvalue weighted by atomic mass is 10.1. The van der Waals surface area contributed by atoms with Crippen LogP contribution in [0.15, 0.2) is 24.3 Å². The number of likely N-dealkylation sites (tertiary alicyclic amines) is 1. The molecule has 1 aromatic rings. The summed E-state index contributed by atoms with van der Waals surface area (Å²) in [5.74, 6) is -1.32. The molecule has 1 fully saturated rings. The fraction of sp³-hybridized carbons (Fsp3) is 0.385. The Balaban J connectivity index is 1.98. The predicted molar refractivity (Wildman–Crippen MR) is 67.5 cm³/mol. The molecule has 0 bridgehead atoms. The molecule has 1 aliphatic heterocycles. The fourth-order valence-corrected chi connectivity index (χ4v) is 2.31. The van der Waals surface area contributed by atoms with Crippen molar-refractivity contribution in [2.45, 2.75) is 12.8 Å². The first-order chi connectivity index (χ1) is 8.58. The number of nitrogens with zero attached hydrogens (tertiary/aromatic N) is 1. The lowest BCUT2D eigenvalue weighted by Gasteiger charge is -2.16. The van der Waals surface area contributed by atoms with Crippen LogP contribution in [-0.4, -0.2) is 35.0 Å². The number of hydrogen-bond acceptors (Lipinski definition) is 2. The summed E-state index contributed by atoms with van der Waals surface area (Å²) in [5.41, 5.74) is 0.781. The minimum Gasteiger partial charge on any atom is -0.481 e. The molecule has 1 N–H and O–H groups in total. The standard InChI is InChI=1S/C13H14ClNO3/c14-11-4-2-1-3-9(11)7-12(16)15-6-5-10(8-15)13(17)18/h1-4,10H,5-8H2,(H,17,18). The molecule has 1 aliphatic rings. The first-order valence-electron chi connectivity index (χ1n) is 5.82. The first kappa shape index (κ1) is 12.9. The van der Waals surface area contributed by atoms with Crippen LogP contribution in [0, 0.1) is 5.92 Å². The molecular formula is C13H14ClNO3. The van der Waals surface area contributed by atoms with E-state index in [1.165, 1.54) is 0 Å². The number of halogens is 1. The zero-order valence-corrected chi connectivity index (χ0v) is 10.6. The van der Waals surface area contributed by atoms with Crippen LogP contribution in [0.5, 0.6) is 0 Å². The second-order valence-corrected chi connectivity index (χ2v) is 4.84. The maximum Gasteiger partial charge on any atom is 0.308 e. The highest BCUT2D eigenvalue weighted by Gasteiger charge is 2.30. The van der Waals surface area contributed by atoms with Crippen LogP contribution in [0.1, 0.15) is 12.0 Å². The van der Waals surface area contributed by atoms with E-state index < -0.39 is 11.9 Å². The highest BCUT2D eigenvalue weighted by atomic mass is 35.5. The topological polar surface area (TPSA) is 57.6 Å². The van der Waals surface area contributed by atoms with Gasteiger partial charge in [-0.15, -0.1) is 0 Å². The number of carbonyl (C=O) groups excluding carboxylic acids is 1. The van der Waals surface area contributed by atoms with Crippen LogP contribution in [0.3, 0.4) is 0 Å². The number of aliphatic carboxylic acids is 1. The number of hydrogen-bond donors (Lipinski definition) is 1. The molecule has 1 aromatic carbocycles. The van der Waals surface area contributed by atoms with Gasteiger partial charge in [-0.1, -0.05) is 29.8 Å². The van der Waals surface area contributed by atoms with Crippen molar-refractivity contribution in [1.29, 1.82) is 0 Å². The van der Waals surface area contributed by atoms with E-state index in [4.69, 9.17) is 16.7 Å². The van der Waals surface area contributed by atoms with Crippen LogP contribution in [0.4, 0.5) is 0 Å². The number of carboxylic acids is 1. The highest BCUT2D eigenvalue weighted by Crippen LogP contribution is 2.20. The van der Waals surface area contributed by atoms with Crippen molar-refractivity contribution in [3.8, 4) is 0 Å². The van der Waals surface area contributed by atoms with E-state index in [0.717, 1.165) is 5.56 Å². The van der Waals surface area contributed by atoms with Gasteiger partial charge in [-0.3, -0.25) is 9.59 Å². The number of rotatable bonds is 3. The molecule has 4 nitrogen and oxygen atoms in total. The maximum atomic E-state index is 12.0. The second-order valence-electron chi connectivity index (χ2n) is 4.43. The largest absolute Gasteiger partial charge is 0.481 e. The van der Waals surface area contributed by atoms with E-state index in [2.05, 4.69) is 0 Å². The summed E-state index contributed by atoms with van der Waals surface area (Å²) in [7, 11) is 0. The van der Waals surface area contributed by atoms with E-state index in [1.807, 2.05) is 18.2 Å². The molecule has 2 rings (SSSR count). The van der Waals surface area contributed by atoms with Crippen LogP contribution in [-0.2, 0) is 16.0 Å². The van der Waals surface area contributed by atoms with Gasteiger partial charge in [0.05, 0.1) is 12.3 Å². The van der Waals surface area contributed by atoms with Crippen molar-refractivity contribution in [3.05, 3.63) is 34.9 Å². The van der Waals surface area contributed by atoms with Gasteiger partial charge >= 0.3 is 5.97 Å². The quantitative estimate of drug-likeness (QED) is 0.909. The van der Waals surface area contributed by atoms with Gasteiger partial charge in [0.25, 0.3) is 0 Å². The summed E-state index contributed by atoms with van der Waals surface area (Å²) in [5, 5.41) is 9.46. The van der Waals surface area contributed by atoms with Gasteiger partial charge in [-0.2, -0.15) is 0 Å². The third kappa shape index (κ3) is 2.82. The van der Waals surface area contributed by atoms with Crippen molar-refractivity contribution in [2.24, 2.45) is 5.92 Å². The van der Waals surface area contributed by atoms with Gasteiger partial charge in [0.2, 0.25) is 5.91 Å². The van der Waals surface area contributed by atoms with E-state index in [9.17, 15) is 9.59 Å². The molecule has 0 aliphatic carbocycles. The molecule has 0 spiro atoms. The Hall–Kier alpha value is -1.55. The third-order valence-electron chi connectivity index (χ3n) is 3.19. The predicted octanol–water partition coefficient (Wildman–Crippen LogP) is 1.82. The summed E-state index contributed by atoms with van der Waals surface area (Å²) in [6.07, 6.45) is 0.760. The fourth-order valence-electron chi connectivity index (χ4n) is 2.10. The minimum atomic E-state index is -0.831. The molecule has 96 valence electrons. The molecule has 1 heterocycles. The van der Waals surface area contributed by atoms with E-state index in [0.29, 0.717) is 24.5 Å². The molecule has 0 saturated carbocycles. The van der Waals surface area contributed by atoms with Crippen LogP contribution >= 0.6 is 11.6 Å².